The van der Waals surface area contributed by atoms with Crippen molar-refractivity contribution in [2.75, 3.05) is 11.1 Å². The van der Waals surface area contributed by atoms with Gasteiger partial charge in [-0.05, 0) is 53.6 Å². The van der Waals surface area contributed by atoms with E-state index in [0.717, 1.165) is 27.5 Å². The lowest BCUT2D eigenvalue weighted by Gasteiger charge is -2.11. The van der Waals surface area contributed by atoms with E-state index in [0.29, 0.717) is 17.9 Å². The minimum atomic E-state index is -1.02. The van der Waals surface area contributed by atoms with Gasteiger partial charge in [-0.2, -0.15) is 0 Å². The second-order valence-corrected chi connectivity index (χ2v) is 6.52. The van der Waals surface area contributed by atoms with Crippen molar-refractivity contribution in [2.24, 2.45) is 5.92 Å². The zero-order valence-corrected chi connectivity index (χ0v) is 13.8. The smallest absolute Gasteiger partial charge is 0.231 e. The topological polar surface area (TPSA) is 68.0 Å². The molecule has 5 heteroatoms. The third-order valence-electron chi connectivity index (χ3n) is 4.63. The Morgan fingerprint density at radius 2 is 2.04 bits per heavy atom. The van der Waals surface area contributed by atoms with E-state index in [9.17, 15) is 9.18 Å². The highest BCUT2D eigenvalue weighted by Crippen LogP contribution is 2.35. The molecule has 4 nitrogen and oxygen atoms in total. The molecule has 1 heterocycles. The van der Waals surface area contributed by atoms with E-state index in [4.69, 9.17) is 5.73 Å². The summed E-state index contributed by atoms with van der Waals surface area (Å²) in [6, 6.07) is 13.8. The van der Waals surface area contributed by atoms with Gasteiger partial charge in [0.2, 0.25) is 5.91 Å². The number of anilines is 2. The number of nitrogens with zero attached hydrogens (tertiary/aromatic N) is 1. The molecule has 1 amide bonds. The summed E-state index contributed by atoms with van der Waals surface area (Å²) in [5.74, 6) is -0.443. The van der Waals surface area contributed by atoms with Gasteiger partial charge in [0.15, 0.2) is 0 Å². The normalized spacial score (nSPS) is 19.0. The number of carbonyl (C=O) groups is 1. The summed E-state index contributed by atoms with van der Waals surface area (Å²) in [5, 5.41) is 4.40. The number of hydrogen-bond donors (Lipinski definition) is 2. The molecule has 3 aromatic rings. The molecular formula is C20H18FN3O. The number of rotatable bonds is 3. The quantitative estimate of drug-likeness (QED) is 0.708. The number of carbonyl (C=O) groups excluding carboxylic acids is 1. The molecule has 0 saturated heterocycles. The van der Waals surface area contributed by atoms with Crippen molar-refractivity contribution in [3.63, 3.8) is 0 Å². The van der Waals surface area contributed by atoms with Gasteiger partial charge in [0.25, 0.3) is 0 Å². The lowest BCUT2D eigenvalue weighted by Crippen LogP contribution is -2.15. The molecule has 0 unspecified atom stereocenters. The van der Waals surface area contributed by atoms with Crippen molar-refractivity contribution in [3.05, 3.63) is 54.2 Å². The number of nitrogens with one attached hydrogen (secondary N) is 1. The molecule has 1 aromatic heterocycles. The van der Waals surface area contributed by atoms with E-state index in [-0.39, 0.29) is 5.91 Å². The largest absolute Gasteiger partial charge is 0.398 e. The van der Waals surface area contributed by atoms with Crippen LogP contribution in [0.3, 0.4) is 0 Å². The van der Waals surface area contributed by atoms with Gasteiger partial charge < -0.3 is 11.1 Å². The molecule has 25 heavy (non-hydrogen) atoms. The Hall–Kier alpha value is -2.95. The third-order valence-corrected chi connectivity index (χ3v) is 4.63. The fourth-order valence-electron chi connectivity index (χ4n) is 3.06. The number of nitrogens with two attached hydrogens (primary N) is 1. The standard InChI is InChI=1S/C20H18FN3O/c1-11-4-2-3-5-14(11)12-6-13-8-19(23-10-16(13)18(22)7-12)24-20(25)15-9-17(15)21/h2-8,10,15,17H,9,22H2,1H3,(H,23,24,25)/t15-,17+/m0/s1. The average Bonchev–Trinajstić information content (AvgIpc) is 3.32. The molecule has 0 radical (unpaired) electrons. The molecule has 2 aromatic carbocycles. The minimum Gasteiger partial charge on any atom is -0.398 e. The van der Waals surface area contributed by atoms with Gasteiger partial charge in [-0.1, -0.05) is 24.3 Å². The number of aromatic nitrogens is 1. The van der Waals surface area contributed by atoms with Crippen LogP contribution < -0.4 is 11.1 Å². The monoisotopic (exact) mass is 335 g/mol. The SMILES string of the molecule is Cc1ccccc1-c1cc(N)c2cnc(NC(=O)[C@H]3C[C@H]3F)cc2c1. The second kappa shape index (κ2) is 5.84. The van der Waals surface area contributed by atoms with Crippen LogP contribution in [0.25, 0.3) is 21.9 Å². The van der Waals surface area contributed by atoms with Gasteiger partial charge in [0.1, 0.15) is 12.0 Å². The Labute approximate surface area is 144 Å². The Kier molecular flexibility index (Phi) is 3.64. The molecule has 2 atom stereocenters. The van der Waals surface area contributed by atoms with Crippen LogP contribution in [0.15, 0.2) is 48.7 Å². The lowest BCUT2D eigenvalue weighted by atomic mass is 9.97. The van der Waals surface area contributed by atoms with Crippen molar-refractivity contribution in [2.45, 2.75) is 19.5 Å². The Morgan fingerprint density at radius 3 is 2.76 bits per heavy atom. The van der Waals surface area contributed by atoms with Gasteiger partial charge in [-0.3, -0.25) is 4.79 Å². The molecule has 0 spiro atoms. The first-order valence-electron chi connectivity index (χ1n) is 8.23. The third kappa shape index (κ3) is 2.93. The van der Waals surface area contributed by atoms with Crippen LogP contribution in [0, 0.1) is 12.8 Å². The van der Waals surface area contributed by atoms with Crippen LogP contribution >= 0.6 is 0 Å². The molecule has 3 N–H and O–H groups in total. The summed E-state index contributed by atoms with van der Waals surface area (Å²) in [4.78, 5) is 16.1. The molecule has 1 aliphatic carbocycles. The van der Waals surface area contributed by atoms with Gasteiger partial charge in [0.05, 0.1) is 5.92 Å². The molecule has 0 aliphatic heterocycles. The van der Waals surface area contributed by atoms with Crippen LogP contribution in [0.4, 0.5) is 15.9 Å². The number of nitrogen functional groups attached to an aromatic ring is 1. The number of aryl methyl sites for hydroxylation is 1. The minimum absolute atomic E-state index is 0.295. The van der Waals surface area contributed by atoms with Crippen molar-refractivity contribution in [1.82, 2.24) is 4.98 Å². The van der Waals surface area contributed by atoms with Gasteiger partial charge in [0, 0.05) is 17.3 Å². The maximum absolute atomic E-state index is 13.0. The summed E-state index contributed by atoms with van der Waals surface area (Å²) in [7, 11) is 0. The molecule has 1 fully saturated rings. The van der Waals surface area contributed by atoms with Crippen LogP contribution in [-0.4, -0.2) is 17.1 Å². The van der Waals surface area contributed by atoms with Gasteiger partial charge >= 0.3 is 0 Å². The van der Waals surface area contributed by atoms with E-state index >= 15 is 0 Å². The van der Waals surface area contributed by atoms with Crippen molar-refractivity contribution >= 4 is 28.2 Å². The Bertz CT molecular complexity index is 986. The molecule has 1 aliphatic rings. The summed E-state index contributed by atoms with van der Waals surface area (Å²) in [5.41, 5.74) is 10.1. The van der Waals surface area contributed by atoms with Crippen LogP contribution in [-0.2, 0) is 4.79 Å². The van der Waals surface area contributed by atoms with E-state index in [1.807, 2.05) is 30.3 Å². The number of pyridine rings is 1. The highest BCUT2D eigenvalue weighted by Gasteiger charge is 2.43. The number of halogens is 1. The number of amides is 1. The van der Waals surface area contributed by atoms with Crippen LogP contribution in [0.5, 0.6) is 0 Å². The fourth-order valence-corrected chi connectivity index (χ4v) is 3.06. The number of alkyl halides is 1. The van der Waals surface area contributed by atoms with E-state index in [1.54, 1.807) is 12.3 Å². The molecule has 0 bridgehead atoms. The first-order chi connectivity index (χ1) is 12.0. The second-order valence-electron chi connectivity index (χ2n) is 6.52. The maximum Gasteiger partial charge on any atom is 0.231 e. The van der Waals surface area contributed by atoms with Crippen molar-refractivity contribution in [3.8, 4) is 11.1 Å². The summed E-state index contributed by atoms with van der Waals surface area (Å²) >= 11 is 0. The summed E-state index contributed by atoms with van der Waals surface area (Å²) in [6.07, 6.45) is 0.912. The van der Waals surface area contributed by atoms with Gasteiger partial charge in [-0.15, -0.1) is 0 Å². The zero-order chi connectivity index (χ0) is 17.6. The highest BCUT2D eigenvalue weighted by molar-refractivity contribution is 6.00. The predicted octanol–water partition coefficient (Wildman–Crippen LogP) is 4.09. The molecule has 1 saturated carbocycles. The average molecular weight is 335 g/mol. The van der Waals surface area contributed by atoms with Gasteiger partial charge in [-0.25, -0.2) is 9.37 Å². The summed E-state index contributed by atoms with van der Waals surface area (Å²) in [6.45, 7) is 2.05. The Morgan fingerprint density at radius 1 is 1.28 bits per heavy atom. The van der Waals surface area contributed by atoms with Crippen LogP contribution in [0.2, 0.25) is 0 Å². The van der Waals surface area contributed by atoms with Crippen molar-refractivity contribution in [1.29, 1.82) is 0 Å². The maximum atomic E-state index is 13.0. The number of hydrogen-bond acceptors (Lipinski definition) is 3. The molecule has 4 rings (SSSR count). The first-order valence-corrected chi connectivity index (χ1v) is 8.23. The predicted molar refractivity (Wildman–Crippen MR) is 98.0 cm³/mol. The zero-order valence-electron chi connectivity index (χ0n) is 13.8. The first kappa shape index (κ1) is 15.6. The highest BCUT2D eigenvalue weighted by atomic mass is 19.1. The van der Waals surface area contributed by atoms with E-state index in [1.165, 1.54) is 0 Å². The van der Waals surface area contributed by atoms with E-state index in [2.05, 4.69) is 23.3 Å². The Balaban J connectivity index is 1.73. The fraction of sp³-hybridized carbons (Fsp3) is 0.200. The molecule has 126 valence electrons. The van der Waals surface area contributed by atoms with Crippen molar-refractivity contribution < 1.29 is 9.18 Å². The number of benzene rings is 2. The number of fused-ring (bicyclic) bond motifs is 1. The lowest BCUT2D eigenvalue weighted by molar-refractivity contribution is -0.117. The van der Waals surface area contributed by atoms with Crippen LogP contribution in [0.1, 0.15) is 12.0 Å². The molecular weight excluding hydrogens is 317 g/mol. The summed E-state index contributed by atoms with van der Waals surface area (Å²) < 4.78 is 13.0. The van der Waals surface area contributed by atoms with E-state index < -0.39 is 12.1 Å².